The van der Waals surface area contributed by atoms with E-state index in [1.807, 2.05) is 27.7 Å². The molecule has 5 aliphatic carbocycles. The summed E-state index contributed by atoms with van der Waals surface area (Å²) in [6.07, 6.45) is -5.50. The monoisotopic (exact) mass is 759 g/mol. The summed E-state index contributed by atoms with van der Waals surface area (Å²) in [6.45, 7) is 13.6. The van der Waals surface area contributed by atoms with Gasteiger partial charge in [0.15, 0.2) is 5.60 Å². The highest BCUT2D eigenvalue weighted by Crippen LogP contribution is 2.81. The number of carbonyl (C=O) groups excluding carboxylic acids is 4. The lowest BCUT2D eigenvalue weighted by Gasteiger charge is -2.67. The van der Waals surface area contributed by atoms with Gasteiger partial charge in [0.1, 0.15) is 30.5 Å². The van der Waals surface area contributed by atoms with Gasteiger partial charge in [-0.3, -0.25) is 14.4 Å². The summed E-state index contributed by atoms with van der Waals surface area (Å²) in [6, 6.07) is 0. The molecule has 0 aromatic heterocycles. The third-order valence-electron chi connectivity index (χ3n) is 16.3. The average molecular weight is 760 g/mol. The van der Waals surface area contributed by atoms with Gasteiger partial charge in [-0.05, 0) is 68.2 Å². The summed E-state index contributed by atoms with van der Waals surface area (Å²) in [7, 11) is 0. The van der Waals surface area contributed by atoms with Crippen LogP contribution in [0.2, 0.25) is 0 Å². The largest absolute Gasteiger partial charge is 0.462 e. The van der Waals surface area contributed by atoms with Gasteiger partial charge in [-0.15, -0.1) is 0 Å². The zero-order valence-electron chi connectivity index (χ0n) is 32.0. The zero-order valence-corrected chi connectivity index (χ0v) is 32.0. The molecule has 3 saturated heterocycles. The maximum absolute atomic E-state index is 14.1. The fourth-order valence-electron chi connectivity index (χ4n) is 14.0. The van der Waals surface area contributed by atoms with Crippen molar-refractivity contribution in [2.24, 2.45) is 68.7 Å². The van der Waals surface area contributed by atoms with Gasteiger partial charge in [-0.2, -0.15) is 0 Å². The van der Waals surface area contributed by atoms with Crippen LogP contribution in [0.3, 0.4) is 0 Å². The van der Waals surface area contributed by atoms with Gasteiger partial charge in [0, 0.05) is 60.3 Å². The first-order chi connectivity index (χ1) is 25.3. The molecular weight excluding hydrogens is 706 g/mol. The van der Waals surface area contributed by atoms with E-state index in [0.717, 1.165) is 0 Å². The van der Waals surface area contributed by atoms with E-state index in [4.69, 9.17) is 34.0 Å². The van der Waals surface area contributed by atoms with Crippen molar-refractivity contribution in [3.8, 4) is 0 Å². The van der Waals surface area contributed by atoms with Crippen LogP contribution in [0.5, 0.6) is 0 Å². The Balaban J connectivity index is 1.35. The second-order valence-corrected chi connectivity index (χ2v) is 18.4. The van der Waals surface area contributed by atoms with Crippen molar-refractivity contribution < 1.29 is 62.9 Å². The first-order valence-corrected chi connectivity index (χ1v) is 19.5. The summed E-state index contributed by atoms with van der Waals surface area (Å²) in [5.41, 5.74) is 2.84. The molecule has 3 heterocycles. The van der Waals surface area contributed by atoms with Gasteiger partial charge >= 0.3 is 23.9 Å². The molecule has 298 valence electrons. The van der Waals surface area contributed by atoms with Crippen LogP contribution in [0, 0.1) is 63.6 Å². The molecule has 5 saturated carbocycles. The Morgan fingerprint density at radius 2 is 1.59 bits per heavy atom. The van der Waals surface area contributed by atoms with Crippen LogP contribution in [0.1, 0.15) is 81.1 Å². The van der Waals surface area contributed by atoms with E-state index in [1.165, 1.54) is 20.8 Å². The third kappa shape index (κ3) is 4.52. The predicted octanol–water partition coefficient (Wildman–Crippen LogP) is 2.58. The first-order valence-electron chi connectivity index (χ1n) is 19.5. The average Bonchev–Trinajstić information content (AvgIpc) is 4.00. The third-order valence-corrected chi connectivity index (χ3v) is 16.3. The summed E-state index contributed by atoms with van der Waals surface area (Å²) < 4.78 is 37.5. The molecule has 0 aromatic carbocycles. The Morgan fingerprint density at radius 3 is 2.24 bits per heavy atom. The smallest absolute Gasteiger partial charge is 0.341 e. The Bertz CT molecular complexity index is 1700. The van der Waals surface area contributed by atoms with Crippen LogP contribution in [0.15, 0.2) is 5.11 Å². The number of hydrogen-bond donors (Lipinski definition) is 3. The number of ether oxygens (including phenoxy) is 6. The van der Waals surface area contributed by atoms with Crippen molar-refractivity contribution in [3.05, 3.63) is 10.4 Å². The van der Waals surface area contributed by atoms with Crippen molar-refractivity contribution in [1.82, 2.24) is 0 Å². The highest BCUT2D eigenvalue weighted by atomic mass is 16.8. The van der Waals surface area contributed by atoms with E-state index in [2.05, 4.69) is 10.0 Å². The Hall–Kier alpha value is -3.01. The number of carbonyl (C=O) groups is 4. The SMILES string of the molecule is CC(=O)O[C@H]1C2C([C@@H](O)[C@@H](C)[C@H]3C[C@@H]4O[C@@H]4[C@H](O)[C@]23C)[C@@H]2[C@@H](OC(=O)CCCCN=[N+]=[N-])[C@@H]3[C@H]([C@H](C)[C@H]4O[C@]45OC(=O)[C@@](C)(O)[C@]35C)[C@@]2(C)[C@H]1OC(C)=O. The van der Waals surface area contributed by atoms with E-state index >= 15 is 0 Å². The fraction of sp³-hybridized carbons (Fsp3) is 0.895. The van der Waals surface area contributed by atoms with Crippen molar-refractivity contribution in [2.45, 2.75) is 141 Å². The Kier molecular flexibility index (Phi) is 8.42. The Morgan fingerprint density at radius 1 is 0.926 bits per heavy atom. The lowest BCUT2D eigenvalue weighted by Crippen LogP contribution is -2.74. The topological polar surface area (TPSA) is 240 Å². The van der Waals surface area contributed by atoms with E-state index < -0.39 is 130 Å². The van der Waals surface area contributed by atoms with E-state index in [1.54, 1.807) is 6.92 Å². The fourth-order valence-corrected chi connectivity index (χ4v) is 14.0. The van der Waals surface area contributed by atoms with Gasteiger partial charge in [-0.1, -0.05) is 32.8 Å². The summed E-state index contributed by atoms with van der Waals surface area (Å²) >= 11 is 0. The number of hydrogen-bond acceptors (Lipinski definition) is 14. The molecule has 3 aliphatic heterocycles. The predicted molar refractivity (Wildman–Crippen MR) is 182 cm³/mol. The van der Waals surface area contributed by atoms with Gasteiger partial charge in [0.25, 0.3) is 0 Å². The van der Waals surface area contributed by atoms with E-state index in [-0.39, 0.29) is 30.9 Å². The number of aliphatic hydroxyl groups is 3. The molecule has 21 atom stereocenters. The molecular formula is C38H53N3O13. The molecule has 0 amide bonds. The number of azide groups is 1. The highest BCUT2D eigenvalue weighted by Gasteiger charge is 2.93. The van der Waals surface area contributed by atoms with Gasteiger partial charge in [0.05, 0.1) is 23.7 Å². The second kappa shape index (κ2) is 12.0. The molecule has 0 aromatic rings. The van der Waals surface area contributed by atoms with E-state index in [9.17, 15) is 34.5 Å². The minimum absolute atomic E-state index is 0.0317. The molecule has 16 nitrogen and oxygen atoms in total. The Labute approximate surface area is 313 Å². The number of esters is 4. The molecule has 1 spiro atoms. The molecule has 2 unspecified atom stereocenters. The number of epoxide rings is 2. The lowest BCUT2D eigenvalue weighted by atomic mass is 9.39. The molecule has 54 heavy (non-hydrogen) atoms. The lowest BCUT2D eigenvalue weighted by molar-refractivity contribution is -0.290. The van der Waals surface area contributed by atoms with Crippen molar-refractivity contribution in [3.63, 3.8) is 0 Å². The highest BCUT2D eigenvalue weighted by molar-refractivity contribution is 5.84. The maximum atomic E-state index is 14.1. The molecule has 0 radical (unpaired) electrons. The quantitative estimate of drug-likeness (QED) is 0.0614. The molecule has 3 N–H and O–H groups in total. The first kappa shape index (κ1) is 37.9. The van der Waals surface area contributed by atoms with Crippen molar-refractivity contribution in [1.29, 1.82) is 0 Å². The second-order valence-electron chi connectivity index (χ2n) is 18.4. The molecule has 0 bridgehead atoms. The van der Waals surface area contributed by atoms with Crippen LogP contribution >= 0.6 is 0 Å². The molecule has 8 aliphatic rings. The van der Waals surface area contributed by atoms with Crippen LogP contribution in [0.25, 0.3) is 10.4 Å². The van der Waals surface area contributed by atoms with Gasteiger partial charge in [-0.25, -0.2) is 4.79 Å². The minimum Gasteiger partial charge on any atom is -0.462 e. The summed E-state index contributed by atoms with van der Waals surface area (Å²) in [5, 5.41) is 40.7. The minimum atomic E-state index is -2.12. The molecule has 16 heteroatoms. The van der Waals surface area contributed by atoms with Gasteiger partial charge < -0.3 is 43.7 Å². The molecule has 8 rings (SSSR count). The maximum Gasteiger partial charge on any atom is 0.341 e. The van der Waals surface area contributed by atoms with Crippen LogP contribution in [-0.4, -0.2) is 106 Å². The number of unbranched alkanes of at least 4 members (excludes halogenated alkanes) is 1. The molecule has 8 fully saturated rings. The zero-order chi connectivity index (χ0) is 39.2. The van der Waals surface area contributed by atoms with Crippen LogP contribution in [-0.2, 0) is 47.6 Å². The van der Waals surface area contributed by atoms with Crippen LogP contribution in [0.4, 0.5) is 0 Å². The van der Waals surface area contributed by atoms with Crippen molar-refractivity contribution in [2.75, 3.05) is 6.54 Å². The number of rotatable bonds is 8. The van der Waals surface area contributed by atoms with Crippen LogP contribution < -0.4 is 0 Å². The summed E-state index contributed by atoms with van der Waals surface area (Å²) in [4.78, 5) is 56.9. The summed E-state index contributed by atoms with van der Waals surface area (Å²) in [5.74, 6) is -9.24. The van der Waals surface area contributed by atoms with Gasteiger partial charge in [0.2, 0.25) is 5.79 Å². The number of nitrogens with zero attached hydrogens (tertiary/aromatic N) is 3. The standard InChI is InChI=1S/C38H53N3O13/c1-14-18-13-19-27(51-19)30(46)34(18,5)24-21(26(14)45)23-28(52-20(44)11-9-10-12-40-41-39)25-22(35(23,6)32(50-17(4)43)29(24)49-16(3)42)15(2)31-38(53-31)36(25,7)37(8,48)33(47)54-38/h14-15,18-19,21-32,45-46,48H,9-13H2,1-8H3/t14-,15-,18+,19-,21?,22-,23+,24?,25-,26-,27-,28+,29-,30-,31+,32-,34-,35+,36-,37+,38-/m0/s1. The number of fused-ring (bicyclic) bond motifs is 9. The normalized spacial score (nSPS) is 55.4. The number of aliphatic hydroxyl groups excluding tert-OH is 2. The van der Waals surface area contributed by atoms with E-state index in [0.29, 0.717) is 19.3 Å². The van der Waals surface area contributed by atoms with Crippen molar-refractivity contribution >= 4 is 23.9 Å².